The standard InChI is InChI=1S/C42H46N4O8.3ClH/c1-47-37-19-29(20-38(48-2)41(37)51-5)33-17-27(9-13-43-33)24-45-15-11-31(12-16-45)46(32-7-8-35-36(23-32)54-26-53-35)25-28-10-14-44-34(18-28)30-21-39(49-3)42(52-6)40(22-30)50-4;;;/h7-10,13-14,17-23,31H,11-12,15-16,24-26H2,1-6H3;3*1H. The van der Waals surface area contributed by atoms with Crippen LogP contribution in [0, 0.1) is 0 Å². The molecule has 0 saturated carbocycles. The molecule has 12 nitrogen and oxygen atoms in total. The quantitative estimate of drug-likeness (QED) is 0.107. The normalized spacial score (nSPS) is 13.3. The number of ether oxygens (including phenoxy) is 8. The third-order valence-corrected chi connectivity index (χ3v) is 10.0. The molecule has 2 aliphatic heterocycles. The van der Waals surface area contributed by atoms with Gasteiger partial charge in [-0.25, -0.2) is 0 Å². The minimum Gasteiger partial charge on any atom is -0.493 e. The second-order valence-corrected chi connectivity index (χ2v) is 13.1. The van der Waals surface area contributed by atoms with Gasteiger partial charge >= 0.3 is 0 Å². The van der Waals surface area contributed by atoms with E-state index in [2.05, 4.69) is 51.2 Å². The number of piperidine rings is 1. The summed E-state index contributed by atoms with van der Waals surface area (Å²) >= 11 is 0. The van der Waals surface area contributed by atoms with E-state index in [1.165, 1.54) is 5.56 Å². The summed E-state index contributed by atoms with van der Waals surface area (Å²) in [6, 6.07) is 22.7. The van der Waals surface area contributed by atoms with E-state index in [1.54, 1.807) is 42.7 Å². The van der Waals surface area contributed by atoms with E-state index in [0.717, 1.165) is 77.7 Å². The lowest BCUT2D eigenvalue weighted by Crippen LogP contribution is -2.44. The molecular weight excluding hydrogens is 795 g/mol. The van der Waals surface area contributed by atoms with Gasteiger partial charge < -0.3 is 42.8 Å². The molecule has 0 atom stereocenters. The number of aromatic nitrogens is 2. The largest absolute Gasteiger partial charge is 0.493 e. The van der Waals surface area contributed by atoms with Gasteiger partial charge in [-0.15, -0.1) is 37.2 Å². The van der Waals surface area contributed by atoms with Gasteiger partial charge in [0.25, 0.3) is 0 Å². The number of halogens is 3. The maximum atomic E-state index is 5.80. The van der Waals surface area contributed by atoms with Crippen LogP contribution in [-0.2, 0) is 13.1 Å². The summed E-state index contributed by atoms with van der Waals surface area (Å²) in [4.78, 5) is 14.4. The van der Waals surface area contributed by atoms with Crippen LogP contribution in [-0.4, -0.2) is 83.5 Å². The van der Waals surface area contributed by atoms with Gasteiger partial charge in [0.1, 0.15) is 0 Å². The molecule has 0 bridgehead atoms. The lowest BCUT2D eigenvalue weighted by atomic mass is 10.00. The smallest absolute Gasteiger partial charge is 0.231 e. The number of anilines is 1. The summed E-state index contributed by atoms with van der Waals surface area (Å²) in [6.45, 7) is 3.63. The molecule has 4 heterocycles. The minimum absolute atomic E-state index is 0. The molecule has 0 aliphatic carbocycles. The zero-order chi connectivity index (χ0) is 37.6. The van der Waals surface area contributed by atoms with Crippen LogP contribution in [0.15, 0.2) is 79.1 Å². The highest BCUT2D eigenvalue weighted by Crippen LogP contribution is 2.43. The number of hydrogen-bond donors (Lipinski definition) is 0. The fourth-order valence-electron chi connectivity index (χ4n) is 7.26. The molecule has 0 spiro atoms. The Balaban J connectivity index is 0.00000240. The molecule has 2 aromatic heterocycles. The van der Waals surface area contributed by atoms with Crippen molar-refractivity contribution in [2.75, 3.05) is 67.4 Å². The summed E-state index contributed by atoms with van der Waals surface area (Å²) in [5, 5.41) is 0. The van der Waals surface area contributed by atoms with Crippen molar-refractivity contribution in [1.29, 1.82) is 0 Å². The van der Waals surface area contributed by atoms with E-state index in [-0.39, 0.29) is 44.0 Å². The SMILES string of the molecule is COc1cc(-c2cc(CN3CCC(N(Cc4ccnc(-c5cc(OC)c(OC)c(OC)c5)c4)c4ccc5c(c4)OCO5)CC3)ccn2)cc(OC)c1OC.Cl.Cl.Cl. The monoisotopic (exact) mass is 842 g/mol. The number of rotatable bonds is 14. The Kier molecular flexibility index (Phi) is 16.0. The Bertz CT molecular complexity index is 2050. The molecule has 15 heteroatoms. The molecular formula is C42H49Cl3N4O8. The van der Waals surface area contributed by atoms with Crippen LogP contribution in [0.2, 0.25) is 0 Å². The van der Waals surface area contributed by atoms with E-state index in [9.17, 15) is 0 Å². The van der Waals surface area contributed by atoms with Crippen molar-refractivity contribution in [3.05, 3.63) is 90.3 Å². The van der Waals surface area contributed by atoms with Gasteiger partial charge in [-0.05, 0) is 84.6 Å². The van der Waals surface area contributed by atoms with Crippen LogP contribution < -0.4 is 42.8 Å². The lowest BCUT2D eigenvalue weighted by Gasteiger charge is -2.40. The first kappa shape index (κ1) is 44.7. The zero-order valence-electron chi connectivity index (χ0n) is 32.8. The van der Waals surface area contributed by atoms with E-state index < -0.39 is 0 Å². The van der Waals surface area contributed by atoms with E-state index in [4.69, 9.17) is 42.9 Å². The molecule has 57 heavy (non-hydrogen) atoms. The Labute approximate surface area is 352 Å². The number of pyridine rings is 2. The van der Waals surface area contributed by atoms with E-state index >= 15 is 0 Å². The van der Waals surface area contributed by atoms with Crippen molar-refractivity contribution in [3.63, 3.8) is 0 Å². The van der Waals surface area contributed by atoms with Crippen molar-refractivity contribution < 1.29 is 37.9 Å². The third kappa shape index (κ3) is 9.76. The van der Waals surface area contributed by atoms with Gasteiger partial charge in [0, 0.05) is 67.5 Å². The van der Waals surface area contributed by atoms with Crippen LogP contribution in [0.3, 0.4) is 0 Å². The molecule has 306 valence electrons. The number of methoxy groups -OCH3 is 6. The van der Waals surface area contributed by atoms with Gasteiger partial charge in [-0.2, -0.15) is 0 Å². The molecule has 2 aliphatic rings. The fraction of sp³-hybridized carbons (Fsp3) is 0.333. The first-order chi connectivity index (χ1) is 26.4. The Morgan fingerprint density at radius 1 is 0.596 bits per heavy atom. The Morgan fingerprint density at radius 2 is 1.09 bits per heavy atom. The predicted octanol–water partition coefficient (Wildman–Crippen LogP) is 8.53. The number of hydrogen-bond acceptors (Lipinski definition) is 12. The summed E-state index contributed by atoms with van der Waals surface area (Å²) in [7, 11) is 9.67. The second-order valence-electron chi connectivity index (χ2n) is 13.1. The number of benzene rings is 3. The van der Waals surface area contributed by atoms with Crippen molar-refractivity contribution in [3.8, 4) is 68.5 Å². The highest BCUT2D eigenvalue weighted by molar-refractivity contribution is 5.86. The second kappa shape index (κ2) is 20.4. The van der Waals surface area contributed by atoms with Gasteiger partial charge in [0.15, 0.2) is 34.5 Å². The fourth-order valence-corrected chi connectivity index (χ4v) is 7.26. The summed E-state index contributed by atoms with van der Waals surface area (Å²) in [6.07, 6.45) is 5.70. The number of likely N-dealkylation sites (tertiary alicyclic amines) is 1. The first-order valence-electron chi connectivity index (χ1n) is 17.8. The van der Waals surface area contributed by atoms with Gasteiger partial charge in [0.2, 0.25) is 18.3 Å². The average molecular weight is 844 g/mol. The summed E-state index contributed by atoms with van der Waals surface area (Å²) in [5.74, 6) is 4.99. The van der Waals surface area contributed by atoms with Crippen LogP contribution in [0.25, 0.3) is 22.5 Å². The van der Waals surface area contributed by atoms with Crippen LogP contribution in [0.5, 0.6) is 46.0 Å². The predicted molar refractivity (Wildman–Crippen MR) is 227 cm³/mol. The van der Waals surface area contributed by atoms with Crippen LogP contribution >= 0.6 is 37.2 Å². The molecule has 0 amide bonds. The van der Waals surface area contributed by atoms with Gasteiger partial charge in [-0.1, -0.05) is 0 Å². The minimum atomic E-state index is 0. The van der Waals surface area contributed by atoms with E-state index in [1.807, 2.05) is 42.7 Å². The summed E-state index contributed by atoms with van der Waals surface area (Å²) < 4.78 is 44.9. The van der Waals surface area contributed by atoms with E-state index in [0.29, 0.717) is 47.1 Å². The maximum absolute atomic E-state index is 5.80. The van der Waals surface area contributed by atoms with Gasteiger partial charge in [-0.3, -0.25) is 14.9 Å². The highest BCUT2D eigenvalue weighted by Gasteiger charge is 2.27. The number of nitrogens with zero attached hydrogens (tertiary/aromatic N) is 4. The van der Waals surface area contributed by atoms with Crippen molar-refractivity contribution in [1.82, 2.24) is 14.9 Å². The topological polar surface area (TPSA) is 106 Å². The summed E-state index contributed by atoms with van der Waals surface area (Å²) in [5.41, 5.74) is 6.84. The Morgan fingerprint density at radius 3 is 1.60 bits per heavy atom. The highest BCUT2D eigenvalue weighted by atomic mass is 35.5. The van der Waals surface area contributed by atoms with Crippen molar-refractivity contribution in [2.24, 2.45) is 0 Å². The van der Waals surface area contributed by atoms with Crippen LogP contribution in [0.4, 0.5) is 5.69 Å². The average Bonchev–Trinajstić information content (AvgIpc) is 3.70. The molecule has 3 aromatic carbocycles. The molecule has 5 aromatic rings. The van der Waals surface area contributed by atoms with Crippen molar-refractivity contribution >= 4 is 42.9 Å². The Hall–Kier alpha value is -5.01. The number of fused-ring (bicyclic) bond motifs is 1. The zero-order valence-corrected chi connectivity index (χ0v) is 35.3. The molecule has 1 saturated heterocycles. The molecule has 7 rings (SSSR count). The molecule has 1 fully saturated rings. The molecule has 0 radical (unpaired) electrons. The first-order valence-corrected chi connectivity index (χ1v) is 17.8. The lowest BCUT2D eigenvalue weighted by molar-refractivity contribution is 0.174. The van der Waals surface area contributed by atoms with Crippen LogP contribution in [0.1, 0.15) is 24.0 Å². The van der Waals surface area contributed by atoms with Gasteiger partial charge in [0.05, 0.1) is 54.0 Å². The third-order valence-electron chi connectivity index (χ3n) is 10.0. The molecule has 0 N–H and O–H groups in total. The van der Waals surface area contributed by atoms with Crippen molar-refractivity contribution in [2.45, 2.75) is 32.0 Å². The maximum Gasteiger partial charge on any atom is 0.231 e. The molecule has 0 unspecified atom stereocenters.